The first-order valence-electron chi connectivity index (χ1n) is 8.84. The molecule has 0 spiro atoms. The van der Waals surface area contributed by atoms with Gasteiger partial charge in [0.15, 0.2) is 5.82 Å². The Hall–Kier alpha value is -2.18. The van der Waals surface area contributed by atoms with Crippen LogP contribution in [0.1, 0.15) is 30.3 Å². The zero-order valence-corrected chi connectivity index (χ0v) is 17.5. The molecule has 1 heterocycles. The second-order valence-corrected chi connectivity index (χ2v) is 7.77. The Labute approximate surface area is 172 Å². The molecule has 0 aliphatic rings. The molecule has 6 heteroatoms. The predicted molar refractivity (Wildman–Crippen MR) is 117 cm³/mol. The summed E-state index contributed by atoms with van der Waals surface area (Å²) in [5, 5.41) is 14.0. The molecule has 0 aliphatic heterocycles. The first kappa shape index (κ1) is 19.6. The van der Waals surface area contributed by atoms with Crippen LogP contribution in [0.25, 0.3) is 6.08 Å². The summed E-state index contributed by atoms with van der Waals surface area (Å²) in [6.07, 6.45) is 7.62. The summed E-state index contributed by atoms with van der Waals surface area (Å²) in [4.78, 5) is 0. The van der Waals surface area contributed by atoms with Crippen LogP contribution in [-0.4, -0.2) is 21.1 Å². The van der Waals surface area contributed by atoms with Gasteiger partial charge < -0.3 is 0 Å². The van der Waals surface area contributed by atoms with Gasteiger partial charge in [-0.2, -0.15) is 9.78 Å². The Morgan fingerprint density at radius 3 is 2.59 bits per heavy atom. The van der Waals surface area contributed by atoms with Gasteiger partial charge in [-0.25, -0.2) is 0 Å². The zero-order valence-electron chi connectivity index (χ0n) is 15.1. The van der Waals surface area contributed by atoms with Crippen LogP contribution in [0.5, 0.6) is 0 Å². The third-order valence-electron chi connectivity index (χ3n) is 3.79. The standard InChI is InChI=1S/C21H21BrN4S/c1-2-7-20-24-25-21(27-16-18-11-13-19(22)14-12-18)26(20)23-15-6-10-17-8-4-3-5-9-17/h3-6,8-15H,2,7,16H2,1H3/b10-6-,23-15-. The largest absolute Gasteiger partial charge is 0.212 e. The molecule has 0 radical (unpaired) electrons. The number of nitrogens with zero attached hydrogens (tertiary/aromatic N) is 4. The van der Waals surface area contributed by atoms with Crippen molar-refractivity contribution in [3.63, 3.8) is 0 Å². The summed E-state index contributed by atoms with van der Waals surface area (Å²) in [5.41, 5.74) is 2.38. The molecule has 27 heavy (non-hydrogen) atoms. The molecule has 0 fully saturated rings. The molecule has 0 saturated heterocycles. The average Bonchev–Trinajstić information content (AvgIpc) is 3.07. The van der Waals surface area contributed by atoms with Crippen LogP contribution in [0, 0.1) is 0 Å². The van der Waals surface area contributed by atoms with Gasteiger partial charge in [-0.15, -0.1) is 10.2 Å². The van der Waals surface area contributed by atoms with E-state index in [1.807, 2.05) is 35.0 Å². The van der Waals surface area contributed by atoms with E-state index in [9.17, 15) is 0 Å². The van der Waals surface area contributed by atoms with Crippen LogP contribution in [-0.2, 0) is 12.2 Å². The lowest BCUT2D eigenvalue weighted by Crippen LogP contribution is -1.99. The third-order valence-corrected chi connectivity index (χ3v) is 5.31. The highest BCUT2D eigenvalue weighted by Crippen LogP contribution is 2.23. The number of halogens is 1. The maximum Gasteiger partial charge on any atom is 0.212 e. The fourth-order valence-electron chi connectivity index (χ4n) is 2.43. The van der Waals surface area contributed by atoms with Crippen molar-refractivity contribution < 1.29 is 0 Å². The van der Waals surface area contributed by atoms with E-state index in [-0.39, 0.29) is 0 Å². The quantitative estimate of drug-likeness (QED) is 0.326. The fourth-order valence-corrected chi connectivity index (χ4v) is 3.56. The fraction of sp³-hybridized carbons (Fsp3) is 0.190. The molecule has 0 saturated carbocycles. The molecule has 0 atom stereocenters. The van der Waals surface area contributed by atoms with Gasteiger partial charge in [-0.1, -0.05) is 83.2 Å². The molecule has 0 amide bonds. The van der Waals surface area contributed by atoms with Crippen LogP contribution in [0.3, 0.4) is 0 Å². The van der Waals surface area contributed by atoms with Crippen LogP contribution in [0.4, 0.5) is 0 Å². The van der Waals surface area contributed by atoms with Crippen LogP contribution in [0.15, 0.2) is 75.4 Å². The van der Waals surface area contributed by atoms with E-state index in [0.29, 0.717) is 0 Å². The number of hydrogen-bond donors (Lipinski definition) is 0. The second-order valence-electron chi connectivity index (χ2n) is 5.91. The molecule has 0 bridgehead atoms. The van der Waals surface area contributed by atoms with E-state index in [4.69, 9.17) is 0 Å². The van der Waals surface area contributed by atoms with Gasteiger partial charge in [0.25, 0.3) is 0 Å². The Kier molecular flexibility index (Phi) is 7.42. The van der Waals surface area contributed by atoms with Crippen molar-refractivity contribution in [1.29, 1.82) is 0 Å². The lowest BCUT2D eigenvalue weighted by atomic mass is 10.2. The van der Waals surface area contributed by atoms with Crippen molar-refractivity contribution in [3.05, 3.63) is 82.1 Å². The Morgan fingerprint density at radius 2 is 1.85 bits per heavy atom. The van der Waals surface area contributed by atoms with Gasteiger partial charge >= 0.3 is 0 Å². The molecule has 3 rings (SSSR count). The van der Waals surface area contributed by atoms with Crippen molar-refractivity contribution in [2.75, 3.05) is 0 Å². The number of thioether (sulfide) groups is 1. The Morgan fingerprint density at radius 1 is 1.07 bits per heavy atom. The summed E-state index contributed by atoms with van der Waals surface area (Å²) in [6, 6.07) is 18.5. The molecule has 0 aliphatic carbocycles. The number of rotatable bonds is 8. The highest BCUT2D eigenvalue weighted by atomic mass is 79.9. The molecule has 2 aromatic carbocycles. The minimum atomic E-state index is 0.811. The summed E-state index contributed by atoms with van der Waals surface area (Å²) >= 11 is 5.11. The number of hydrogen-bond acceptors (Lipinski definition) is 4. The van der Waals surface area contributed by atoms with Crippen molar-refractivity contribution in [1.82, 2.24) is 14.9 Å². The lowest BCUT2D eigenvalue weighted by Gasteiger charge is -2.04. The topological polar surface area (TPSA) is 43.1 Å². The maximum absolute atomic E-state index is 4.58. The molecule has 138 valence electrons. The highest BCUT2D eigenvalue weighted by Gasteiger charge is 2.11. The smallest absolute Gasteiger partial charge is 0.191 e. The van der Waals surface area contributed by atoms with E-state index < -0.39 is 0 Å². The highest BCUT2D eigenvalue weighted by molar-refractivity contribution is 9.10. The molecule has 1 aromatic heterocycles. The van der Waals surface area contributed by atoms with Crippen LogP contribution >= 0.6 is 27.7 Å². The van der Waals surface area contributed by atoms with Gasteiger partial charge in [-0.05, 0) is 35.8 Å². The average molecular weight is 441 g/mol. The molecular weight excluding hydrogens is 420 g/mol. The third kappa shape index (κ3) is 5.91. The van der Waals surface area contributed by atoms with Gasteiger partial charge in [0.05, 0.1) is 0 Å². The summed E-state index contributed by atoms with van der Waals surface area (Å²) < 4.78 is 2.93. The van der Waals surface area contributed by atoms with E-state index in [1.165, 1.54) is 5.56 Å². The predicted octanol–water partition coefficient (Wildman–Crippen LogP) is 5.83. The zero-order chi connectivity index (χ0) is 18.9. The maximum atomic E-state index is 4.58. The van der Waals surface area contributed by atoms with Crippen molar-refractivity contribution in [3.8, 4) is 0 Å². The van der Waals surface area contributed by atoms with E-state index >= 15 is 0 Å². The molecule has 0 unspecified atom stereocenters. The number of benzene rings is 2. The minimum absolute atomic E-state index is 0.811. The second kappa shape index (κ2) is 10.2. The van der Waals surface area contributed by atoms with Crippen molar-refractivity contribution in [2.45, 2.75) is 30.7 Å². The minimum Gasteiger partial charge on any atom is -0.191 e. The molecule has 0 N–H and O–H groups in total. The van der Waals surface area contributed by atoms with E-state index in [1.54, 1.807) is 18.0 Å². The first-order valence-corrected chi connectivity index (χ1v) is 10.6. The molecule has 4 nitrogen and oxygen atoms in total. The number of aryl methyl sites for hydroxylation is 1. The monoisotopic (exact) mass is 440 g/mol. The molecular formula is C21H21BrN4S. The Bertz CT molecular complexity index is 902. The van der Waals surface area contributed by atoms with Gasteiger partial charge in [0.1, 0.15) is 0 Å². The normalized spacial score (nSPS) is 11.6. The van der Waals surface area contributed by atoms with Crippen LogP contribution in [0.2, 0.25) is 0 Å². The van der Waals surface area contributed by atoms with E-state index in [0.717, 1.165) is 39.6 Å². The summed E-state index contributed by atoms with van der Waals surface area (Å²) in [6.45, 7) is 2.13. The number of aromatic nitrogens is 3. The molecule has 3 aromatic rings. The van der Waals surface area contributed by atoms with Crippen molar-refractivity contribution in [2.24, 2.45) is 5.10 Å². The summed E-state index contributed by atoms with van der Waals surface area (Å²) in [7, 11) is 0. The van der Waals surface area contributed by atoms with E-state index in [2.05, 4.69) is 74.6 Å². The van der Waals surface area contributed by atoms with Crippen molar-refractivity contribution >= 4 is 40.0 Å². The Balaban J connectivity index is 1.71. The van der Waals surface area contributed by atoms with Crippen LogP contribution < -0.4 is 0 Å². The summed E-state index contributed by atoms with van der Waals surface area (Å²) in [5.74, 6) is 1.72. The SMILES string of the molecule is CCCc1nnc(SCc2ccc(Br)cc2)n1/N=C\C=C/c1ccccc1. The van der Waals surface area contributed by atoms with Gasteiger partial charge in [-0.3, -0.25) is 0 Å². The van der Waals surface area contributed by atoms with Gasteiger partial charge in [0.2, 0.25) is 5.16 Å². The lowest BCUT2D eigenvalue weighted by molar-refractivity contribution is 0.700. The first-order chi connectivity index (χ1) is 13.3. The van der Waals surface area contributed by atoms with Gasteiger partial charge in [0, 0.05) is 22.9 Å². The number of allylic oxidation sites excluding steroid dienone is 1.